The monoisotopic (exact) mass is 368 g/mol. The van der Waals surface area contributed by atoms with Gasteiger partial charge in [-0.05, 0) is 48.5 Å². The van der Waals surface area contributed by atoms with Crippen LogP contribution in [0.15, 0.2) is 61.2 Å². The van der Waals surface area contributed by atoms with Crippen molar-refractivity contribution in [3.05, 3.63) is 66.7 Å². The molecule has 8 nitrogen and oxygen atoms in total. The number of nitrogens with one attached hydrogen (secondary N) is 3. The molecule has 8 heteroatoms. The van der Waals surface area contributed by atoms with Crippen molar-refractivity contribution < 1.29 is 19.1 Å². The van der Waals surface area contributed by atoms with Crippen molar-refractivity contribution in [3.63, 3.8) is 0 Å². The van der Waals surface area contributed by atoms with E-state index in [4.69, 9.17) is 10.5 Å². The third kappa shape index (κ3) is 6.54. The lowest BCUT2D eigenvalue weighted by molar-refractivity contribution is -0.118. The predicted octanol–water partition coefficient (Wildman–Crippen LogP) is 2.11. The number of urea groups is 1. The zero-order valence-corrected chi connectivity index (χ0v) is 14.5. The molecule has 0 heterocycles. The van der Waals surface area contributed by atoms with Crippen molar-refractivity contribution >= 4 is 29.2 Å². The summed E-state index contributed by atoms with van der Waals surface area (Å²) in [5, 5.41) is 7.91. The van der Waals surface area contributed by atoms with Gasteiger partial charge in [0, 0.05) is 23.5 Å². The Bertz CT molecular complexity index is 817. The van der Waals surface area contributed by atoms with Crippen LogP contribution in [0.2, 0.25) is 0 Å². The summed E-state index contributed by atoms with van der Waals surface area (Å²) in [5.41, 5.74) is 6.66. The quantitative estimate of drug-likeness (QED) is 0.533. The molecule has 0 bridgehead atoms. The molecule has 2 aromatic carbocycles. The third-order valence-corrected chi connectivity index (χ3v) is 3.34. The predicted molar refractivity (Wildman–Crippen MR) is 103 cm³/mol. The number of ether oxygens (including phenoxy) is 1. The molecule has 140 valence electrons. The zero-order chi connectivity index (χ0) is 19.6. The first-order valence-corrected chi connectivity index (χ1v) is 8.06. The van der Waals surface area contributed by atoms with Crippen LogP contribution in [0, 0.1) is 0 Å². The maximum Gasteiger partial charge on any atom is 0.319 e. The van der Waals surface area contributed by atoms with Crippen LogP contribution in [0.5, 0.6) is 5.75 Å². The molecule has 0 aromatic heterocycles. The lowest BCUT2D eigenvalue weighted by Crippen LogP contribution is -2.28. The minimum atomic E-state index is -0.532. The number of nitrogens with two attached hydrogens (primary N) is 1. The fraction of sp³-hybridized carbons (Fsp3) is 0.105. The molecule has 4 amide bonds. The van der Waals surface area contributed by atoms with E-state index >= 15 is 0 Å². The van der Waals surface area contributed by atoms with E-state index < -0.39 is 5.91 Å². The van der Waals surface area contributed by atoms with Crippen LogP contribution in [0.25, 0.3) is 0 Å². The second-order valence-corrected chi connectivity index (χ2v) is 5.43. The molecule has 0 saturated carbocycles. The molecule has 0 aliphatic heterocycles. The molecular formula is C19H20N4O4. The van der Waals surface area contributed by atoms with E-state index in [2.05, 4.69) is 22.5 Å². The van der Waals surface area contributed by atoms with Gasteiger partial charge in [0.2, 0.25) is 5.91 Å². The van der Waals surface area contributed by atoms with Crippen LogP contribution >= 0.6 is 0 Å². The van der Waals surface area contributed by atoms with Gasteiger partial charge >= 0.3 is 6.03 Å². The summed E-state index contributed by atoms with van der Waals surface area (Å²) >= 11 is 0. The first-order chi connectivity index (χ1) is 13.0. The van der Waals surface area contributed by atoms with Gasteiger partial charge < -0.3 is 26.4 Å². The maximum atomic E-state index is 11.9. The molecule has 0 saturated heterocycles. The van der Waals surface area contributed by atoms with Gasteiger partial charge in [0.15, 0.2) is 6.61 Å². The van der Waals surface area contributed by atoms with E-state index in [1.54, 1.807) is 42.5 Å². The fourth-order valence-corrected chi connectivity index (χ4v) is 2.04. The Kier molecular flexibility index (Phi) is 6.95. The molecule has 0 aliphatic rings. The van der Waals surface area contributed by atoms with Gasteiger partial charge in [-0.1, -0.05) is 6.08 Å². The lowest BCUT2D eigenvalue weighted by Gasteiger charge is -2.09. The number of rotatable bonds is 8. The van der Waals surface area contributed by atoms with Gasteiger partial charge in [-0.3, -0.25) is 9.59 Å². The molecule has 0 radical (unpaired) electrons. The van der Waals surface area contributed by atoms with Crippen LogP contribution in [-0.2, 0) is 4.79 Å². The number of carbonyl (C=O) groups excluding carboxylic acids is 3. The first-order valence-electron chi connectivity index (χ1n) is 8.06. The third-order valence-electron chi connectivity index (χ3n) is 3.34. The van der Waals surface area contributed by atoms with E-state index in [1.165, 1.54) is 12.1 Å². The number of amides is 4. The number of primary amides is 1. The molecule has 0 aliphatic carbocycles. The summed E-state index contributed by atoms with van der Waals surface area (Å²) in [7, 11) is 0. The van der Waals surface area contributed by atoms with E-state index in [1.807, 2.05) is 0 Å². The lowest BCUT2D eigenvalue weighted by atomic mass is 10.2. The highest BCUT2D eigenvalue weighted by Crippen LogP contribution is 2.14. The van der Waals surface area contributed by atoms with Crippen molar-refractivity contribution in [3.8, 4) is 5.75 Å². The summed E-state index contributed by atoms with van der Waals surface area (Å²) in [5.74, 6) is -0.436. The van der Waals surface area contributed by atoms with Gasteiger partial charge in [-0.15, -0.1) is 6.58 Å². The Balaban J connectivity index is 1.80. The van der Waals surface area contributed by atoms with Gasteiger partial charge in [-0.25, -0.2) is 4.79 Å². The largest absolute Gasteiger partial charge is 0.484 e. The number of hydrogen-bond donors (Lipinski definition) is 4. The second kappa shape index (κ2) is 9.62. The first kappa shape index (κ1) is 19.5. The molecule has 0 atom stereocenters. The average Bonchev–Trinajstić information content (AvgIpc) is 2.66. The fourth-order valence-electron chi connectivity index (χ4n) is 2.04. The standard InChI is InChI=1S/C19H20N4O4/c1-2-11-21-19(26)23-15-7-5-14(6-8-15)22-17(24)12-27-16-9-3-13(4-10-16)18(20)25/h2-10H,1,11-12H2,(H2,20,25)(H,22,24)(H2,21,23,26). The Labute approximate surface area is 156 Å². The van der Waals surface area contributed by atoms with E-state index in [0.29, 0.717) is 29.2 Å². The Morgan fingerprint density at radius 2 is 1.56 bits per heavy atom. The minimum absolute atomic E-state index is 0.195. The Morgan fingerprint density at radius 1 is 0.963 bits per heavy atom. The van der Waals surface area contributed by atoms with Gasteiger partial charge in [0.1, 0.15) is 5.75 Å². The highest BCUT2D eigenvalue weighted by Gasteiger charge is 2.06. The summed E-state index contributed by atoms with van der Waals surface area (Å²) in [6.45, 7) is 3.68. The van der Waals surface area contributed by atoms with Crippen LogP contribution in [-0.4, -0.2) is 31.0 Å². The number of hydrogen-bond acceptors (Lipinski definition) is 4. The van der Waals surface area contributed by atoms with Crippen LogP contribution in [0.4, 0.5) is 16.2 Å². The molecule has 0 fully saturated rings. The zero-order valence-electron chi connectivity index (χ0n) is 14.5. The maximum absolute atomic E-state index is 11.9. The second-order valence-electron chi connectivity index (χ2n) is 5.43. The summed E-state index contributed by atoms with van der Waals surface area (Å²) in [6, 6.07) is 12.4. The molecule has 5 N–H and O–H groups in total. The SMILES string of the molecule is C=CCNC(=O)Nc1ccc(NC(=O)COc2ccc(C(N)=O)cc2)cc1. The normalized spacial score (nSPS) is 9.78. The summed E-state index contributed by atoms with van der Waals surface area (Å²) < 4.78 is 5.35. The summed E-state index contributed by atoms with van der Waals surface area (Å²) in [6.07, 6.45) is 1.58. The van der Waals surface area contributed by atoms with Gasteiger partial charge in [0.05, 0.1) is 0 Å². The van der Waals surface area contributed by atoms with Crippen LogP contribution in [0.3, 0.4) is 0 Å². The van der Waals surface area contributed by atoms with Crippen molar-refractivity contribution in [1.82, 2.24) is 5.32 Å². The Morgan fingerprint density at radius 3 is 2.11 bits per heavy atom. The van der Waals surface area contributed by atoms with E-state index in [0.717, 1.165) is 0 Å². The molecular weight excluding hydrogens is 348 g/mol. The Hall–Kier alpha value is -3.81. The molecule has 27 heavy (non-hydrogen) atoms. The number of anilines is 2. The van der Waals surface area contributed by atoms with Gasteiger partial charge in [-0.2, -0.15) is 0 Å². The van der Waals surface area contributed by atoms with Crippen molar-refractivity contribution in [2.75, 3.05) is 23.8 Å². The average molecular weight is 368 g/mol. The van der Waals surface area contributed by atoms with Crippen molar-refractivity contribution in [2.24, 2.45) is 5.73 Å². The topological polar surface area (TPSA) is 123 Å². The molecule has 2 aromatic rings. The number of benzene rings is 2. The highest BCUT2D eigenvalue weighted by atomic mass is 16.5. The molecule has 0 unspecified atom stereocenters. The minimum Gasteiger partial charge on any atom is -0.484 e. The van der Waals surface area contributed by atoms with Crippen LogP contribution in [0.1, 0.15) is 10.4 Å². The summed E-state index contributed by atoms with van der Waals surface area (Å²) in [4.78, 5) is 34.5. The van der Waals surface area contributed by atoms with Crippen molar-refractivity contribution in [1.29, 1.82) is 0 Å². The number of carbonyl (C=O) groups is 3. The van der Waals surface area contributed by atoms with E-state index in [9.17, 15) is 14.4 Å². The van der Waals surface area contributed by atoms with Gasteiger partial charge in [0.25, 0.3) is 5.91 Å². The van der Waals surface area contributed by atoms with E-state index in [-0.39, 0.29) is 18.5 Å². The molecule has 0 spiro atoms. The molecule has 2 rings (SSSR count). The smallest absolute Gasteiger partial charge is 0.319 e. The van der Waals surface area contributed by atoms with Crippen LogP contribution < -0.4 is 26.4 Å². The van der Waals surface area contributed by atoms with Crippen molar-refractivity contribution in [2.45, 2.75) is 0 Å². The highest BCUT2D eigenvalue weighted by molar-refractivity contribution is 5.94.